The zero-order valence-electron chi connectivity index (χ0n) is 11.2. The molecule has 17 heavy (non-hydrogen) atoms. The fourth-order valence-corrected chi connectivity index (χ4v) is 3.47. The Balaban J connectivity index is 2.10. The molecule has 2 aliphatic rings. The van der Waals surface area contributed by atoms with Crippen molar-refractivity contribution in [3.8, 4) is 0 Å². The van der Waals surface area contributed by atoms with Crippen molar-refractivity contribution in [3.63, 3.8) is 0 Å². The van der Waals surface area contributed by atoms with Gasteiger partial charge < -0.3 is 10.6 Å². The molecule has 2 rings (SSSR count). The summed E-state index contributed by atoms with van der Waals surface area (Å²) >= 11 is 0. The molecule has 0 aromatic heterocycles. The minimum atomic E-state index is -0.0928. The topological polar surface area (TPSA) is 46.3 Å². The lowest BCUT2D eigenvalue weighted by Gasteiger charge is -2.42. The Kier molecular flexibility index (Phi) is 3.76. The van der Waals surface area contributed by atoms with Gasteiger partial charge in [0.1, 0.15) is 0 Å². The molecule has 1 saturated heterocycles. The molecule has 2 unspecified atom stereocenters. The molecule has 2 fully saturated rings. The summed E-state index contributed by atoms with van der Waals surface area (Å²) in [7, 11) is 0. The third kappa shape index (κ3) is 2.49. The van der Waals surface area contributed by atoms with Crippen LogP contribution in [0.15, 0.2) is 0 Å². The second-order valence-electron chi connectivity index (χ2n) is 6.19. The van der Waals surface area contributed by atoms with E-state index in [1.165, 1.54) is 19.3 Å². The van der Waals surface area contributed by atoms with Crippen LogP contribution in [0.4, 0.5) is 0 Å². The highest BCUT2D eigenvalue weighted by Gasteiger charge is 2.42. The molecule has 1 amide bonds. The average molecular weight is 238 g/mol. The largest absolute Gasteiger partial charge is 0.338 e. The molecular formula is C14H26N2O. The van der Waals surface area contributed by atoms with Crippen molar-refractivity contribution in [2.24, 2.45) is 11.1 Å². The van der Waals surface area contributed by atoms with Crippen LogP contribution in [0.1, 0.15) is 58.8 Å². The highest BCUT2D eigenvalue weighted by Crippen LogP contribution is 2.40. The first kappa shape index (κ1) is 12.9. The van der Waals surface area contributed by atoms with Crippen LogP contribution in [0.25, 0.3) is 0 Å². The molecule has 1 heterocycles. The van der Waals surface area contributed by atoms with Crippen LogP contribution in [-0.2, 0) is 4.79 Å². The predicted molar refractivity (Wildman–Crippen MR) is 69.6 cm³/mol. The van der Waals surface area contributed by atoms with Crippen molar-refractivity contribution in [3.05, 3.63) is 0 Å². The average Bonchev–Trinajstić information content (AvgIpc) is 2.76. The van der Waals surface area contributed by atoms with E-state index in [9.17, 15) is 4.79 Å². The summed E-state index contributed by atoms with van der Waals surface area (Å²) in [5, 5.41) is 0. The van der Waals surface area contributed by atoms with E-state index >= 15 is 0 Å². The minimum Gasteiger partial charge on any atom is -0.338 e. The smallest absolute Gasteiger partial charge is 0.228 e. The van der Waals surface area contributed by atoms with Crippen molar-refractivity contribution in [1.82, 2.24) is 4.90 Å². The van der Waals surface area contributed by atoms with Gasteiger partial charge in [0.2, 0.25) is 5.91 Å². The van der Waals surface area contributed by atoms with Crippen LogP contribution in [0, 0.1) is 5.41 Å². The molecule has 2 N–H and O–H groups in total. The number of amides is 1. The fraction of sp³-hybridized carbons (Fsp3) is 0.929. The van der Waals surface area contributed by atoms with Crippen molar-refractivity contribution in [2.75, 3.05) is 6.54 Å². The van der Waals surface area contributed by atoms with Crippen molar-refractivity contribution in [2.45, 2.75) is 70.9 Å². The maximum absolute atomic E-state index is 12.7. The van der Waals surface area contributed by atoms with Crippen LogP contribution in [0.5, 0.6) is 0 Å². The van der Waals surface area contributed by atoms with Crippen molar-refractivity contribution >= 4 is 5.91 Å². The highest BCUT2D eigenvalue weighted by molar-refractivity contribution is 5.83. The van der Waals surface area contributed by atoms with Crippen LogP contribution < -0.4 is 5.73 Å². The molecule has 0 aromatic rings. The van der Waals surface area contributed by atoms with Gasteiger partial charge in [0, 0.05) is 24.0 Å². The third-order valence-electron chi connectivity index (χ3n) is 4.64. The Bertz CT molecular complexity index is 282. The first-order chi connectivity index (χ1) is 8.04. The number of likely N-dealkylation sites (tertiary alicyclic amines) is 1. The standard InChI is InChI=1S/C14H26N2O/c1-11(15)12-7-3-6-10-16(12)13(17)14(2)8-4-5-9-14/h11-12H,3-10,15H2,1-2H3. The molecule has 1 aliphatic carbocycles. The van der Waals surface area contributed by atoms with Gasteiger partial charge in [-0.2, -0.15) is 0 Å². The third-order valence-corrected chi connectivity index (χ3v) is 4.64. The summed E-state index contributed by atoms with van der Waals surface area (Å²) in [5.41, 5.74) is 5.95. The molecule has 2 atom stereocenters. The van der Waals surface area contributed by atoms with Gasteiger partial charge in [-0.3, -0.25) is 4.79 Å². The number of nitrogens with zero attached hydrogens (tertiary/aromatic N) is 1. The molecule has 1 saturated carbocycles. The minimum absolute atomic E-state index is 0.0928. The first-order valence-corrected chi connectivity index (χ1v) is 7.11. The Morgan fingerprint density at radius 1 is 1.29 bits per heavy atom. The lowest BCUT2D eigenvalue weighted by atomic mass is 9.84. The second kappa shape index (κ2) is 4.97. The number of hydrogen-bond acceptors (Lipinski definition) is 2. The van der Waals surface area contributed by atoms with Crippen LogP contribution in [-0.4, -0.2) is 29.4 Å². The predicted octanol–water partition coefficient (Wildman–Crippen LogP) is 2.29. The zero-order valence-corrected chi connectivity index (χ0v) is 11.2. The lowest BCUT2D eigenvalue weighted by molar-refractivity contribution is -0.145. The van der Waals surface area contributed by atoms with Crippen LogP contribution in [0.3, 0.4) is 0 Å². The van der Waals surface area contributed by atoms with Gasteiger partial charge in [-0.1, -0.05) is 19.8 Å². The van der Waals surface area contributed by atoms with Gasteiger partial charge in [0.05, 0.1) is 0 Å². The lowest BCUT2D eigenvalue weighted by Crippen LogP contribution is -2.55. The number of hydrogen-bond donors (Lipinski definition) is 1. The SMILES string of the molecule is CC(N)C1CCCCN1C(=O)C1(C)CCCC1. The number of piperidine rings is 1. The molecular weight excluding hydrogens is 212 g/mol. The Hall–Kier alpha value is -0.570. The summed E-state index contributed by atoms with van der Waals surface area (Å²) in [6.45, 7) is 5.10. The summed E-state index contributed by atoms with van der Waals surface area (Å²) in [4.78, 5) is 14.8. The van der Waals surface area contributed by atoms with E-state index < -0.39 is 0 Å². The van der Waals surface area contributed by atoms with Crippen LogP contribution >= 0.6 is 0 Å². The number of carbonyl (C=O) groups is 1. The Labute approximate surface area is 105 Å². The normalized spacial score (nSPS) is 30.3. The molecule has 0 bridgehead atoms. The first-order valence-electron chi connectivity index (χ1n) is 7.11. The van der Waals surface area contributed by atoms with Gasteiger partial charge in [-0.25, -0.2) is 0 Å². The molecule has 0 aromatic carbocycles. The highest BCUT2D eigenvalue weighted by atomic mass is 16.2. The van der Waals surface area contributed by atoms with Crippen molar-refractivity contribution in [1.29, 1.82) is 0 Å². The summed E-state index contributed by atoms with van der Waals surface area (Å²) in [6, 6.07) is 0.373. The number of rotatable bonds is 2. The maximum Gasteiger partial charge on any atom is 0.228 e. The summed E-state index contributed by atoms with van der Waals surface area (Å²) in [6.07, 6.45) is 7.98. The molecule has 3 nitrogen and oxygen atoms in total. The van der Waals surface area contributed by atoms with E-state index in [2.05, 4.69) is 11.8 Å². The van der Waals surface area contributed by atoms with Gasteiger partial charge in [-0.05, 0) is 39.0 Å². The van der Waals surface area contributed by atoms with Gasteiger partial charge in [-0.15, -0.1) is 0 Å². The van der Waals surface area contributed by atoms with E-state index in [1.54, 1.807) is 0 Å². The maximum atomic E-state index is 12.7. The molecule has 0 radical (unpaired) electrons. The zero-order chi connectivity index (χ0) is 12.5. The fourth-order valence-electron chi connectivity index (χ4n) is 3.47. The van der Waals surface area contributed by atoms with Gasteiger partial charge in [0.25, 0.3) is 0 Å². The van der Waals surface area contributed by atoms with E-state index in [4.69, 9.17) is 5.73 Å². The number of nitrogens with two attached hydrogens (primary N) is 1. The molecule has 0 spiro atoms. The van der Waals surface area contributed by atoms with Crippen molar-refractivity contribution < 1.29 is 4.79 Å². The quantitative estimate of drug-likeness (QED) is 0.802. The van der Waals surface area contributed by atoms with Crippen LogP contribution in [0.2, 0.25) is 0 Å². The van der Waals surface area contributed by atoms with Gasteiger partial charge in [0.15, 0.2) is 0 Å². The van der Waals surface area contributed by atoms with E-state index in [0.717, 1.165) is 32.2 Å². The van der Waals surface area contributed by atoms with E-state index in [1.807, 2.05) is 6.92 Å². The second-order valence-corrected chi connectivity index (χ2v) is 6.19. The Morgan fingerprint density at radius 2 is 1.94 bits per heavy atom. The number of carbonyl (C=O) groups excluding carboxylic acids is 1. The van der Waals surface area contributed by atoms with Gasteiger partial charge >= 0.3 is 0 Å². The van der Waals surface area contributed by atoms with E-state index in [-0.39, 0.29) is 17.5 Å². The molecule has 98 valence electrons. The summed E-state index contributed by atoms with van der Waals surface area (Å²) in [5.74, 6) is 0.372. The molecule has 3 heteroatoms. The van der Waals surface area contributed by atoms with E-state index in [0.29, 0.717) is 5.91 Å². The monoisotopic (exact) mass is 238 g/mol. The molecule has 1 aliphatic heterocycles. The Morgan fingerprint density at radius 3 is 2.53 bits per heavy atom. The summed E-state index contributed by atoms with van der Waals surface area (Å²) < 4.78 is 0.